The number of benzene rings is 3. The normalized spacial score (nSPS) is 19.5. The fourth-order valence-electron chi connectivity index (χ4n) is 5.45. The Kier molecular flexibility index (Phi) is 9.73. The van der Waals surface area contributed by atoms with Crippen molar-refractivity contribution in [3.05, 3.63) is 102 Å². The Bertz CT molecular complexity index is 1340. The zero-order chi connectivity index (χ0) is 29.5. The summed E-state index contributed by atoms with van der Waals surface area (Å²) in [5.41, 5.74) is 2.10. The van der Waals surface area contributed by atoms with Gasteiger partial charge in [-0.2, -0.15) is 13.1 Å². The molecule has 41 heavy (non-hydrogen) atoms. The lowest BCUT2D eigenvalue weighted by atomic mass is 9.68. The summed E-state index contributed by atoms with van der Waals surface area (Å²) in [5.74, 6) is 0.713. The maximum Gasteiger partial charge on any atom is 0.422 e. The van der Waals surface area contributed by atoms with Crippen molar-refractivity contribution in [3.63, 3.8) is 0 Å². The van der Waals surface area contributed by atoms with Crippen molar-refractivity contribution in [2.75, 3.05) is 13.7 Å². The zero-order valence-corrected chi connectivity index (χ0v) is 25.0. The first-order valence-electron chi connectivity index (χ1n) is 14.0. The van der Waals surface area contributed by atoms with Gasteiger partial charge in [-0.3, -0.25) is 0 Å². The molecule has 0 heterocycles. The number of hydrogen-bond donors (Lipinski definition) is 3. The van der Waals surface area contributed by atoms with Crippen LogP contribution in [0.1, 0.15) is 69.2 Å². The average molecular weight is 580 g/mol. The van der Waals surface area contributed by atoms with Crippen molar-refractivity contribution in [3.8, 4) is 5.75 Å². The number of methoxy groups -OCH3 is 1. The Balaban J connectivity index is 1.52. The number of nitrogens with one attached hydrogen (secondary N) is 3. The molecule has 0 bridgehead atoms. The molecule has 8 nitrogen and oxygen atoms in total. The van der Waals surface area contributed by atoms with Crippen molar-refractivity contribution in [1.29, 1.82) is 0 Å². The van der Waals surface area contributed by atoms with Crippen LogP contribution in [-0.4, -0.2) is 39.8 Å². The first-order valence-corrected chi connectivity index (χ1v) is 15.5. The zero-order valence-electron chi connectivity index (χ0n) is 24.2. The molecule has 1 aliphatic carbocycles. The van der Waals surface area contributed by atoms with Crippen LogP contribution in [0.25, 0.3) is 0 Å². The molecular weight excluding hydrogens is 538 g/mol. The Labute approximate surface area is 244 Å². The van der Waals surface area contributed by atoms with Crippen molar-refractivity contribution in [2.24, 2.45) is 0 Å². The molecular formula is C32H41N3O5S. The third-order valence-corrected chi connectivity index (χ3v) is 8.47. The number of ether oxygens (including phenoxy) is 2. The highest BCUT2D eigenvalue weighted by Crippen LogP contribution is 2.41. The molecule has 3 aromatic carbocycles. The fourth-order valence-corrected chi connectivity index (χ4v) is 6.25. The van der Waals surface area contributed by atoms with E-state index in [1.54, 1.807) is 27.9 Å². The summed E-state index contributed by atoms with van der Waals surface area (Å²) in [6.07, 6.45) is 2.15. The van der Waals surface area contributed by atoms with E-state index in [9.17, 15) is 13.2 Å². The maximum atomic E-state index is 12.8. The Morgan fingerprint density at radius 3 is 2.05 bits per heavy atom. The van der Waals surface area contributed by atoms with Crippen molar-refractivity contribution >= 4 is 16.3 Å². The van der Waals surface area contributed by atoms with E-state index in [0.29, 0.717) is 5.75 Å². The largest absolute Gasteiger partial charge is 0.497 e. The van der Waals surface area contributed by atoms with E-state index < -0.39 is 27.3 Å². The van der Waals surface area contributed by atoms with Gasteiger partial charge in [-0.1, -0.05) is 72.8 Å². The van der Waals surface area contributed by atoms with Gasteiger partial charge in [0, 0.05) is 18.0 Å². The Morgan fingerprint density at radius 1 is 0.927 bits per heavy atom. The lowest BCUT2D eigenvalue weighted by Crippen LogP contribution is -2.50. The predicted molar refractivity (Wildman–Crippen MR) is 161 cm³/mol. The first kappa shape index (κ1) is 30.6. The van der Waals surface area contributed by atoms with Crippen LogP contribution in [0.2, 0.25) is 0 Å². The highest BCUT2D eigenvalue weighted by Gasteiger charge is 2.39. The lowest BCUT2D eigenvalue weighted by molar-refractivity contribution is 0.0569. The quantitative estimate of drug-likeness (QED) is 0.288. The van der Waals surface area contributed by atoms with Gasteiger partial charge in [0.05, 0.1) is 13.2 Å². The molecule has 3 N–H and O–H groups in total. The van der Waals surface area contributed by atoms with Crippen LogP contribution in [0.5, 0.6) is 5.75 Å². The van der Waals surface area contributed by atoms with Gasteiger partial charge < -0.3 is 14.8 Å². The Hall–Kier alpha value is -3.40. The molecule has 0 radical (unpaired) electrons. The molecule has 0 saturated heterocycles. The van der Waals surface area contributed by atoms with Crippen LogP contribution in [0.4, 0.5) is 4.79 Å². The van der Waals surface area contributed by atoms with Gasteiger partial charge in [0.2, 0.25) is 0 Å². The molecule has 1 aliphatic rings. The molecule has 0 aromatic heterocycles. The number of carbonyl (C=O) groups is 1. The minimum absolute atomic E-state index is 0.0447. The van der Waals surface area contributed by atoms with Gasteiger partial charge in [0.15, 0.2) is 0 Å². The second-order valence-corrected chi connectivity index (χ2v) is 13.1. The molecule has 0 unspecified atom stereocenters. The maximum absolute atomic E-state index is 12.8. The highest BCUT2D eigenvalue weighted by molar-refractivity contribution is 7.88. The standard InChI is InChI=1S/C32H41N3O5S/c1-31(2,3)40-30(36)35-41(37,38)33-23-32(26-16-11-17-28(22-26)39-4)20-18-27(19-21-32)34-29(24-12-7-5-8-13-24)25-14-9-6-10-15-25/h5-17,22,27,29,33-34H,18-21,23H2,1-4H3,(H,35,36). The van der Waals surface area contributed by atoms with E-state index in [1.807, 2.05) is 41.1 Å². The van der Waals surface area contributed by atoms with Gasteiger partial charge in [-0.15, -0.1) is 0 Å². The third-order valence-electron chi connectivity index (χ3n) is 7.51. The van der Waals surface area contributed by atoms with E-state index in [1.165, 1.54) is 11.1 Å². The molecule has 3 aromatic rings. The van der Waals surface area contributed by atoms with Crippen LogP contribution >= 0.6 is 0 Å². The minimum Gasteiger partial charge on any atom is -0.497 e. The van der Waals surface area contributed by atoms with Crippen LogP contribution < -0.4 is 19.5 Å². The number of rotatable bonds is 10. The second kappa shape index (κ2) is 13.1. The number of hydrogen-bond acceptors (Lipinski definition) is 6. The molecule has 0 aliphatic heterocycles. The topological polar surface area (TPSA) is 106 Å². The summed E-state index contributed by atoms with van der Waals surface area (Å²) in [4.78, 5) is 12.2. The SMILES string of the molecule is COc1cccc(C2(CNS(=O)(=O)NC(=O)OC(C)(C)C)CCC(NC(c3ccccc3)c3ccccc3)CC2)c1. The summed E-state index contributed by atoms with van der Waals surface area (Å²) in [5, 5.41) is 3.88. The molecule has 0 atom stereocenters. The highest BCUT2D eigenvalue weighted by atomic mass is 32.2. The smallest absolute Gasteiger partial charge is 0.422 e. The van der Waals surface area contributed by atoms with Gasteiger partial charge in [-0.25, -0.2) is 9.52 Å². The summed E-state index contributed by atoms with van der Waals surface area (Å²) in [6.45, 7) is 5.16. The van der Waals surface area contributed by atoms with Gasteiger partial charge >= 0.3 is 16.3 Å². The minimum atomic E-state index is -4.14. The first-order chi connectivity index (χ1) is 19.5. The molecule has 1 amide bonds. The summed E-state index contributed by atoms with van der Waals surface area (Å²) in [6, 6.07) is 28.9. The monoisotopic (exact) mass is 579 g/mol. The summed E-state index contributed by atoms with van der Waals surface area (Å²) in [7, 11) is -2.52. The van der Waals surface area contributed by atoms with E-state index in [0.717, 1.165) is 31.2 Å². The van der Waals surface area contributed by atoms with E-state index in [2.05, 4.69) is 58.6 Å². The van der Waals surface area contributed by atoms with E-state index in [-0.39, 0.29) is 18.6 Å². The molecule has 9 heteroatoms. The van der Waals surface area contributed by atoms with Gasteiger partial charge in [0.1, 0.15) is 11.4 Å². The molecule has 220 valence electrons. The van der Waals surface area contributed by atoms with Crippen molar-refractivity contribution in [2.45, 2.75) is 69.6 Å². The molecule has 1 saturated carbocycles. The van der Waals surface area contributed by atoms with E-state index in [4.69, 9.17) is 9.47 Å². The lowest BCUT2D eigenvalue weighted by Gasteiger charge is -2.42. The average Bonchev–Trinajstić information content (AvgIpc) is 2.95. The van der Waals surface area contributed by atoms with Crippen LogP contribution in [0.3, 0.4) is 0 Å². The van der Waals surface area contributed by atoms with Crippen molar-refractivity contribution < 1.29 is 22.7 Å². The van der Waals surface area contributed by atoms with Crippen LogP contribution in [0, 0.1) is 0 Å². The van der Waals surface area contributed by atoms with Gasteiger partial charge in [0.25, 0.3) is 0 Å². The third kappa shape index (κ3) is 8.55. The van der Waals surface area contributed by atoms with Crippen molar-refractivity contribution in [1.82, 2.24) is 14.8 Å². The second-order valence-electron chi connectivity index (χ2n) is 11.6. The van der Waals surface area contributed by atoms with Gasteiger partial charge in [-0.05, 0) is 75.3 Å². The van der Waals surface area contributed by atoms with Crippen LogP contribution in [0.15, 0.2) is 84.9 Å². The summed E-state index contributed by atoms with van der Waals surface area (Å²) >= 11 is 0. The predicted octanol–water partition coefficient (Wildman–Crippen LogP) is 5.61. The molecule has 4 rings (SSSR count). The summed E-state index contributed by atoms with van der Waals surface area (Å²) < 4.78 is 40.9. The number of carbonyl (C=O) groups excluding carboxylic acids is 1. The van der Waals surface area contributed by atoms with Crippen LogP contribution in [-0.2, 0) is 20.4 Å². The Morgan fingerprint density at radius 2 is 1.51 bits per heavy atom. The molecule has 0 spiro atoms. The van der Waals surface area contributed by atoms with E-state index >= 15 is 0 Å². The molecule has 1 fully saturated rings. The fraction of sp³-hybridized carbons (Fsp3) is 0.406. The number of amides is 1.